The highest BCUT2D eigenvalue weighted by Gasteiger charge is 2.23. The zero-order valence-electron chi connectivity index (χ0n) is 12.5. The van der Waals surface area contributed by atoms with Crippen molar-refractivity contribution in [1.29, 1.82) is 0 Å². The normalized spacial score (nSPS) is 14.5. The molecule has 3 rings (SSSR count). The van der Waals surface area contributed by atoms with Crippen molar-refractivity contribution in [3.63, 3.8) is 0 Å². The summed E-state index contributed by atoms with van der Waals surface area (Å²) in [5.41, 5.74) is 2.57. The Hall–Kier alpha value is -1.85. The third-order valence-electron chi connectivity index (χ3n) is 3.84. The highest BCUT2D eigenvalue weighted by Crippen LogP contribution is 2.20. The van der Waals surface area contributed by atoms with E-state index in [0.717, 1.165) is 30.9 Å². The molecule has 0 atom stereocenters. The van der Waals surface area contributed by atoms with E-state index in [1.165, 1.54) is 0 Å². The van der Waals surface area contributed by atoms with E-state index >= 15 is 0 Å². The number of ether oxygens (including phenoxy) is 1. The van der Waals surface area contributed by atoms with E-state index in [4.69, 9.17) is 16.3 Å². The number of halogens is 1. The second-order valence-electron chi connectivity index (χ2n) is 5.35. The largest absolute Gasteiger partial charge is 0.378 e. The average Bonchev–Trinajstić information content (AvgIpc) is 2.76. The maximum Gasteiger partial charge on any atom is 0.254 e. The van der Waals surface area contributed by atoms with Gasteiger partial charge in [0.2, 0.25) is 0 Å². The monoisotopic (exact) mass is 319 g/mol. The van der Waals surface area contributed by atoms with E-state index in [-0.39, 0.29) is 5.91 Å². The van der Waals surface area contributed by atoms with E-state index in [0.29, 0.717) is 23.7 Å². The smallest absolute Gasteiger partial charge is 0.254 e. The van der Waals surface area contributed by atoms with Gasteiger partial charge in [-0.15, -0.1) is 0 Å². The SMILES string of the molecule is COCc1ncn2c1CN(C(=O)c1cccc(Cl)c1)CCC2. The summed E-state index contributed by atoms with van der Waals surface area (Å²) >= 11 is 5.99. The van der Waals surface area contributed by atoms with Crippen LogP contribution >= 0.6 is 11.6 Å². The topological polar surface area (TPSA) is 47.4 Å². The fourth-order valence-corrected chi connectivity index (χ4v) is 2.94. The number of hydrogen-bond donors (Lipinski definition) is 0. The first kappa shape index (κ1) is 15.1. The van der Waals surface area contributed by atoms with Crippen LogP contribution in [-0.4, -0.2) is 34.0 Å². The number of rotatable bonds is 3. The number of aromatic nitrogens is 2. The molecule has 1 aliphatic heterocycles. The van der Waals surface area contributed by atoms with Gasteiger partial charge < -0.3 is 14.2 Å². The fourth-order valence-electron chi connectivity index (χ4n) is 2.75. The molecule has 0 radical (unpaired) electrons. The number of imidazole rings is 1. The summed E-state index contributed by atoms with van der Waals surface area (Å²) in [5, 5.41) is 0.575. The predicted molar refractivity (Wildman–Crippen MR) is 83.7 cm³/mol. The first-order valence-corrected chi connectivity index (χ1v) is 7.63. The van der Waals surface area contributed by atoms with Gasteiger partial charge in [-0.2, -0.15) is 0 Å². The molecule has 1 amide bonds. The van der Waals surface area contributed by atoms with Crippen LogP contribution in [0.25, 0.3) is 0 Å². The summed E-state index contributed by atoms with van der Waals surface area (Å²) in [7, 11) is 1.65. The van der Waals surface area contributed by atoms with E-state index in [9.17, 15) is 4.79 Å². The molecule has 1 aliphatic rings. The Labute approximate surface area is 134 Å². The van der Waals surface area contributed by atoms with Gasteiger partial charge in [-0.1, -0.05) is 17.7 Å². The van der Waals surface area contributed by atoms with Gasteiger partial charge in [-0.3, -0.25) is 4.79 Å². The number of amides is 1. The minimum absolute atomic E-state index is 0.000479. The van der Waals surface area contributed by atoms with Crippen LogP contribution in [0.4, 0.5) is 0 Å². The number of benzene rings is 1. The minimum Gasteiger partial charge on any atom is -0.378 e. The minimum atomic E-state index is 0.000479. The van der Waals surface area contributed by atoms with Crippen molar-refractivity contribution in [3.05, 3.63) is 52.6 Å². The van der Waals surface area contributed by atoms with E-state index in [1.54, 1.807) is 31.4 Å². The second-order valence-corrected chi connectivity index (χ2v) is 5.79. The van der Waals surface area contributed by atoms with Crippen LogP contribution in [0.15, 0.2) is 30.6 Å². The highest BCUT2D eigenvalue weighted by atomic mass is 35.5. The Morgan fingerprint density at radius 3 is 3.05 bits per heavy atom. The number of hydrogen-bond acceptors (Lipinski definition) is 3. The summed E-state index contributed by atoms with van der Waals surface area (Å²) in [4.78, 5) is 19.0. The molecular weight excluding hydrogens is 302 g/mol. The van der Waals surface area contributed by atoms with Crippen molar-refractivity contribution in [2.45, 2.75) is 26.1 Å². The lowest BCUT2D eigenvalue weighted by atomic mass is 10.2. The molecule has 22 heavy (non-hydrogen) atoms. The molecule has 0 bridgehead atoms. The maximum absolute atomic E-state index is 12.7. The van der Waals surface area contributed by atoms with Crippen LogP contribution < -0.4 is 0 Å². The lowest BCUT2D eigenvalue weighted by Gasteiger charge is -2.20. The Morgan fingerprint density at radius 1 is 1.41 bits per heavy atom. The lowest BCUT2D eigenvalue weighted by molar-refractivity contribution is 0.0744. The van der Waals surface area contributed by atoms with Gasteiger partial charge in [0.15, 0.2) is 0 Å². The molecule has 1 aromatic heterocycles. The Kier molecular flexibility index (Phi) is 4.45. The van der Waals surface area contributed by atoms with E-state index < -0.39 is 0 Å². The number of methoxy groups -OCH3 is 1. The molecule has 0 unspecified atom stereocenters. The van der Waals surface area contributed by atoms with Gasteiger partial charge in [0.05, 0.1) is 30.9 Å². The van der Waals surface area contributed by atoms with Crippen molar-refractivity contribution in [1.82, 2.24) is 14.5 Å². The summed E-state index contributed by atoms with van der Waals surface area (Å²) in [5.74, 6) is 0.000479. The predicted octanol–water partition coefficient (Wildman–Crippen LogP) is 2.73. The number of carbonyl (C=O) groups excluding carboxylic acids is 1. The standard InChI is InChI=1S/C16H18ClN3O2/c1-22-10-14-15-9-19(6-3-7-20(15)11-18-14)16(21)12-4-2-5-13(17)8-12/h2,4-5,8,11H,3,6-7,9-10H2,1H3. The van der Waals surface area contributed by atoms with Crippen LogP contribution in [0.5, 0.6) is 0 Å². The quantitative estimate of drug-likeness (QED) is 0.874. The first-order valence-electron chi connectivity index (χ1n) is 7.25. The summed E-state index contributed by atoms with van der Waals surface area (Å²) < 4.78 is 7.30. The molecule has 2 aromatic rings. The van der Waals surface area contributed by atoms with Crippen molar-refractivity contribution in [2.75, 3.05) is 13.7 Å². The van der Waals surface area contributed by atoms with Crippen molar-refractivity contribution >= 4 is 17.5 Å². The van der Waals surface area contributed by atoms with Gasteiger partial charge in [0, 0.05) is 30.8 Å². The van der Waals surface area contributed by atoms with E-state index in [1.807, 2.05) is 11.2 Å². The van der Waals surface area contributed by atoms with Crippen molar-refractivity contribution in [3.8, 4) is 0 Å². The number of nitrogens with zero attached hydrogens (tertiary/aromatic N) is 3. The van der Waals surface area contributed by atoms with E-state index in [2.05, 4.69) is 9.55 Å². The van der Waals surface area contributed by atoms with Crippen LogP contribution in [0.2, 0.25) is 5.02 Å². The third kappa shape index (κ3) is 3.00. The third-order valence-corrected chi connectivity index (χ3v) is 4.08. The Morgan fingerprint density at radius 2 is 2.27 bits per heavy atom. The molecule has 1 aromatic carbocycles. The van der Waals surface area contributed by atoms with Gasteiger partial charge in [-0.05, 0) is 24.6 Å². The van der Waals surface area contributed by atoms with Crippen LogP contribution in [0, 0.1) is 0 Å². The van der Waals surface area contributed by atoms with Crippen LogP contribution in [-0.2, 0) is 24.4 Å². The Bertz CT molecular complexity index is 684. The summed E-state index contributed by atoms with van der Waals surface area (Å²) in [6, 6.07) is 7.08. The first-order chi connectivity index (χ1) is 10.7. The van der Waals surface area contributed by atoms with Gasteiger partial charge in [0.1, 0.15) is 0 Å². The van der Waals surface area contributed by atoms with Gasteiger partial charge in [0.25, 0.3) is 5.91 Å². The molecule has 5 nitrogen and oxygen atoms in total. The van der Waals surface area contributed by atoms with Gasteiger partial charge in [-0.25, -0.2) is 4.98 Å². The van der Waals surface area contributed by atoms with Crippen molar-refractivity contribution < 1.29 is 9.53 Å². The molecule has 6 heteroatoms. The zero-order valence-corrected chi connectivity index (χ0v) is 13.2. The molecule has 0 saturated heterocycles. The molecule has 0 aliphatic carbocycles. The molecular formula is C16H18ClN3O2. The zero-order chi connectivity index (χ0) is 15.5. The molecule has 116 valence electrons. The Balaban J connectivity index is 1.85. The number of fused-ring (bicyclic) bond motifs is 1. The fraction of sp³-hybridized carbons (Fsp3) is 0.375. The lowest BCUT2D eigenvalue weighted by Crippen LogP contribution is -2.31. The van der Waals surface area contributed by atoms with Crippen LogP contribution in [0.1, 0.15) is 28.2 Å². The second kappa shape index (κ2) is 6.50. The molecule has 0 saturated carbocycles. The molecule has 0 spiro atoms. The average molecular weight is 320 g/mol. The number of carbonyl (C=O) groups is 1. The summed E-state index contributed by atoms with van der Waals surface area (Å²) in [6.45, 7) is 2.59. The number of aryl methyl sites for hydroxylation is 1. The molecule has 2 heterocycles. The highest BCUT2D eigenvalue weighted by molar-refractivity contribution is 6.30. The maximum atomic E-state index is 12.7. The van der Waals surface area contributed by atoms with Crippen molar-refractivity contribution in [2.24, 2.45) is 0 Å². The van der Waals surface area contributed by atoms with Crippen LogP contribution in [0.3, 0.4) is 0 Å². The van der Waals surface area contributed by atoms with Gasteiger partial charge >= 0.3 is 0 Å². The summed E-state index contributed by atoms with van der Waals surface area (Å²) in [6.07, 6.45) is 2.74. The molecule has 0 N–H and O–H groups in total. The molecule has 0 fully saturated rings.